The number of methoxy groups -OCH3 is 1. The van der Waals surface area contributed by atoms with Crippen molar-refractivity contribution in [3.63, 3.8) is 0 Å². The molecule has 0 unspecified atom stereocenters. The first-order valence-electron chi connectivity index (χ1n) is 8.00. The molecule has 0 radical (unpaired) electrons. The summed E-state index contributed by atoms with van der Waals surface area (Å²) in [6, 6.07) is 7.70. The number of thioether (sulfide) groups is 1. The van der Waals surface area contributed by atoms with E-state index in [1.54, 1.807) is 0 Å². The van der Waals surface area contributed by atoms with Crippen LogP contribution >= 0.6 is 11.8 Å². The molecule has 1 fully saturated rings. The average molecular weight is 419 g/mol. The Morgan fingerprint density at radius 3 is 2.41 bits per heavy atom. The smallest absolute Gasteiger partial charge is 0.420 e. The van der Waals surface area contributed by atoms with Crippen molar-refractivity contribution in [1.29, 1.82) is 0 Å². The zero-order valence-corrected chi connectivity index (χ0v) is 15.6. The van der Waals surface area contributed by atoms with Gasteiger partial charge in [0.05, 0.1) is 17.6 Å². The maximum absolute atomic E-state index is 13.4. The minimum absolute atomic E-state index is 0.0354. The highest BCUT2D eigenvalue weighted by molar-refractivity contribution is 8.18. The Labute approximate surface area is 167 Å². The third kappa shape index (κ3) is 4.55. The SMILES string of the molecule is C#Cc1ccc(Oc2ccc(/C=C3\SC(=O)NC3=O)cc2OC)c(C(F)(F)F)c1. The monoisotopic (exact) mass is 419 g/mol. The predicted molar refractivity (Wildman–Crippen MR) is 102 cm³/mol. The van der Waals surface area contributed by atoms with Gasteiger partial charge in [-0.15, -0.1) is 6.42 Å². The first kappa shape index (κ1) is 20.4. The summed E-state index contributed by atoms with van der Waals surface area (Å²) in [5.41, 5.74) is -0.445. The van der Waals surface area contributed by atoms with Gasteiger partial charge in [0.25, 0.3) is 11.1 Å². The minimum Gasteiger partial charge on any atom is -0.493 e. The molecule has 3 rings (SSSR count). The summed E-state index contributed by atoms with van der Waals surface area (Å²) in [6.45, 7) is 0. The average Bonchev–Trinajstić information content (AvgIpc) is 2.99. The van der Waals surface area contributed by atoms with Gasteiger partial charge in [0.15, 0.2) is 11.5 Å². The molecule has 0 bridgehead atoms. The second kappa shape index (κ2) is 7.93. The van der Waals surface area contributed by atoms with Crippen LogP contribution in [0, 0.1) is 12.3 Å². The third-order valence-electron chi connectivity index (χ3n) is 3.80. The van der Waals surface area contributed by atoms with Gasteiger partial charge in [0.1, 0.15) is 5.75 Å². The van der Waals surface area contributed by atoms with Gasteiger partial charge in [-0.3, -0.25) is 14.9 Å². The number of hydrogen-bond donors (Lipinski definition) is 1. The van der Waals surface area contributed by atoms with E-state index in [1.807, 2.05) is 0 Å². The number of carbonyl (C=O) groups is 2. The maximum atomic E-state index is 13.4. The number of hydrogen-bond acceptors (Lipinski definition) is 5. The molecule has 0 spiro atoms. The maximum Gasteiger partial charge on any atom is 0.420 e. The Morgan fingerprint density at radius 1 is 1.10 bits per heavy atom. The van der Waals surface area contributed by atoms with E-state index in [-0.39, 0.29) is 22.0 Å². The summed E-state index contributed by atoms with van der Waals surface area (Å²) in [6.07, 6.45) is 1.97. The molecule has 5 nitrogen and oxygen atoms in total. The number of benzene rings is 2. The molecular weight excluding hydrogens is 407 g/mol. The Hall–Kier alpha value is -3.38. The third-order valence-corrected chi connectivity index (χ3v) is 4.61. The Kier molecular flexibility index (Phi) is 5.57. The predicted octanol–water partition coefficient (Wildman–Crippen LogP) is 4.81. The standard InChI is InChI=1S/C20H12F3NO4S/c1-3-11-4-6-14(13(8-11)20(21,22)23)28-15-7-5-12(9-16(15)27-2)10-17-18(25)24-19(26)29-17/h1,4-10H,2H3,(H,24,25,26)/b17-10-. The lowest BCUT2D eigenvalue weighted by molar-refractivity contribution is -0.138. The molecule has 2 amide bonds. The number of rotatable bonds is 4. The lowest BCUT2D eigenvalue weighted by Gasteiger charge is -2.16. The minimum atomic E-state index is -4.67. The Balaban J connectivity index is 1.95. The van der Waals surface area contributed by atoms with Gasteiger partial charge >= 0.3 is 6.18 Å². The topological polar surface area (TPSA) is 64.6 Å². The number of carbonyl (C=O) groups excluding carboxylic acids is 2. The van der Waals surface area contributed by atoms with Crippen LogP contribution in [-0.2, 0) is 11.0 Å². The van der Waals surface area contributed by atoms with Gasteiger partial charge < -0.3 is 9.47 Å². The van der Waals surface area contributed by atoms with Crippen molar-refractivity contribution in [2.75, 3.05) is 7.11 Å². The van der Waals surface area contributed by atoms with E-state index in [0.717, 1.165) is 23.9 Å². The molecule has 148 valence electrons. The van der Waals surface area contributed by atoms with Gasteiger partial charge in [0.2, 0.25) is 0 Å². The highest BCUT2D eigenvalue weighted by atomic mass is 32.2. The molecule has 0 saturated carbocycles. The van der Waals surface area contributed by atoms with E-state index < -0.39 is 28.6 Å². The Bertz CT molecular complexity index is 1070. The number of terminal acetylenes is 1. The van der Waals surface area contributed by atoms with Crippen molar-refractivity contribution >= 4 is 29.0 Å². The summed E-state index contributed by atoms with van der Waals surface area (Å²) in [5, 5.41) is 1.65. The van der Waals surface area contributed by atoms with Gasteiger partial charge in [0, 0.05) is 5.56 Å². The quantitative estimate of drug-likeness (QED) is 0.569. The molecule has 29 heavy (non-hydrogen) atoms. The van der Waals surface area contributed by atoms with Crippen LogP contribution in [0.25, 0.3) is 6.08 Å². The zero-order valence-electron chi connectivity index (χ0n) is 14.8. The fraction of sp³-hybridized carbons (Fsp3) is 0.100. The molecule has 1 N–H and O–H groups in total. The second-order valence-corrected chi connectivity index (χ2v) is 6.73. The van der Waals surface area contributed by atoms with E-state index in [0.29, 0.717) is 5.56 Å². The van der Waals surface area contributed by atoms with Crippen LogP contribution in [-0.4, -0.2) is 18.3 Å². The molecule has 1 saturated heterocycles. The van der Waals surface area contributed by atoms with Crippen molar-refractivity contribution in [1.82, 2.24) is 5.32 Å². The molecule has 1 aliphatic heterocycles. The molecule has 0 aromatic heterocycles. The number of nitrogens with one attached hydrogen (secondary N) is 1. The molecule has 1 heterocycles. The van der Waals surface area contributed by atoms with E-state index in [4.69, 9.17) is 15.9 Å². The molecule has 2 aromatic rings. The van der Waals surface area contributed by atoms with Crippen molar-refractivity contribution in [2.24, 2.45) is 0 Å². The summed E-state index contributed by atoms with van der Waals surface area (Å²) < 4.78 is 50.7. The van der Waals surface area contributed by atoms with Crippen LogP contribution in [0.2, 0.25) is 0 Å². The van der Waals surface area contributed by atoms with Crippen LogP contribution in [0.15, 0.2) is 41.3 Å². The van der Waals surface area contributed by atoms with Gasteiger partial charge in [-0.25, -0.2) is 0 Å². The highest BCUT2D eigenvalue weighted by Crippen LogP contribution is 2.41. The van der Waals surface area contributed by atoms with Crippen molar-refractivity contribution < 1.29 is 32.2 Å². The number of halogens is 3. The number of alkyl halides is 3. The van der Waals surface area contributed by atoms with Crippen molar-refractivity contribution in [3.05, 3.63) is 58.0 Å². The van der Waals surface area contributed by atoms with Crippen LogP contribution in [0.5, 0.6) is 17.2 Å². The van der Waals surface area contributed by atoms with E-state index >= 15 is 0 Å². The lowest BCUT2D eigenvalue weighted by Crippen LogP contribution is -2.17. The molecule has 1 aliphatic rings. The molecule has 9 heteroatoms. The van der Waals surface area contributed by atoms with Crippen LogP contribution in [0.3, 0.4) is 0 Å². The fourth-order valence-corrected chi connectivity index (χ4v) is 3.16. The van der Waals surface area contributed by atoms with Crippen LogP contribution in [0.1, 0.15) is 16.7 Å². The molecule has 0 atom stereocenters. The molecule has 0 aliphatic carbocycles. The van der Waals surface area contributed by atoms with E-state index in [2.05, 4.69) is 11.2 Å². The number of amides is 2. The summed E-state index contributed by atoms with van der Waals surface area (Å²) in [5.74, 6) is 1.38. The van der Waals surface area contributed by atoms with E-state index in [9.17, 15) is 22.8 Å². The zero-order chi connectivity index (χ0) is 21.2. The summed E-state index contributed by atoms with van der Waals surface area (Å²) in [7, 11) is 1.33. The normalized spacial score (nSPS) is 15.2. The first-order chi connectivity index (χ1) is 13.7. The number of imide groups is 1. The van der Waals surface area contributed by atoms with Crippen LogP contribution < -0.4 is 14.8 Å². The molecule has 2 aromatic carbocycles. The van der Waals surface area contributed by atoms with Crippen molar-refractivity contribution in [2.45, 2.75) is 6.18 Å². The van der Waals surface area contributed by atoms with Gasteiger partial charge in [-0.05, 0) is 53.7 Å². The summed E-state index contributed by atoms with van der Waals surface area (Å²) in [4.78, 5) is 23.1. The lowest BCUT2D eigenvalue weighted by atomic mass is 10.1. The highest BCUT2D eigenvalue weighted by Gasteiger charge is 2.35. The first-order valence-corrected chi connectivity index (χ1v) is 8.81. The number of ether oxygens (including phenoxy) is 2. The Morgan fingerprint density at radius 2 is 1.83 bits per heavy atom. The fourth-order valence-electron chi connectivity index (χ4n) is 2.48. The van der Waals surface area contributed by atoms with E-state index in [1.165, 1.54) is 37.5 Å². The van der Waals surface area contributed by atoms with Crippen LogP contribution in [0.4, 0.5) is 18.0 Å². The van der Waals surface area contributed by atoms with Gasteiger partial charge in [-0.2, -0.15) is 13.2 Å². The van der Waals surface area contributed by atoms with Gasteiger partial charge in [-0.1, -0.05) is 12.0 Å². The second-order valence-electron chi connectivity index (χ2n) is 5.72. The summed E-state index contributed by atoms with van der Waals surface area (Å²) >= 11 is 0.745. The molecular formula is C20H12F3NO4S. The largest absolute Gasteiger partial charge is 0.493 e. The van der Waals surface area contributed by atoms with Crippen molar-refractivity contribution in [3.8, 4) is 29.6 Å².